The van der Waals surface area contributed by atoms with Crippen molar-refractivity contribution in [3.05, 3.63) is 23.8 Å². The minimum Gasteiger partial charge on any atom is -0.493 e. The summed E-state index contributed by atoms with van der Waals surface area (Å²) in [6.45, 7) is 6.25. The van der Waals surface area contributed by atoms with Crippen LogP contribution in [0.1, 0.15) is 70.3 Å². The minimum atomic E-state index is 0.777. The molecule has 4 nitrogen and oxygen atoms in total. The molecular weight excluding hydrogens is 324 g/mol. The summed E-state index contributed by atoms with van der Waals surface area (Å²) in [4.78, 5) is 0. The first kappa shape index (κ1) is 22.8. The first-order chi connectivity index (χ1) is 12.8. The summed E-state index contributed by atoms with van der Waals surface area (Å²) in [7, 11) is 3.33. The fourth-order valence-electron chi connectivity index (χ4n) is 3.09. The highest BCUT2D eigenvalue weighted by Crippen LogP contribution is 2.27. The lowest BCUT2D eigenvalue weighted by Crippen LogP contribution is -2.27. The third kappa shape index (κ3) is 10.7. The molecule has 0 atom stereocenters. The average Bonchev–Trinajstić information content (AvgIpc) is 2.68. The van der Waals surface area contributed by atoms with Crippen LogP contribution in [0.25, 0.3) is 0 Å². The van der Waals surface area contributed by atoms with Gasteiger partial charge in [0.05, 0.1) is 14.2 Å². The van der Waals surface area contributed by atoms with Crippen LogP contribution in [0, 0.1) is 0 Å². The fraction of sp³-hybridized carbons (Fsp3) is 0.727. The normalized spacial score (nSPS) is 10.9. The van der Waals surface area contributed by atoms with Crippen LogP contribution < -0.4 is 20.1 Å². The molecule has 0 aliphatic heterocycles. The summed E-state index contributed by atoms with van der Waals surface area (Å²) in [5, 5.41) is 6.99. The van der Waals surface area contributed by atoms with Crippen molar-refractivity contribution in [1.29, 1.82) is 0 Å². The molecule has 0 aromatic heterocycles. The summed E-state index contributed by atoms with van der Waals surface area (Å²) in [5.41, 5.74) is 1.21. The molecule has 0 saturated heterocycles. The zero-order valence-electron chi connectivity index (χ0n) is 17.2. The van der Waals surface area contributed by atoms with Crippen molar-refractivity contribution in [2.24, 2.45) is 0 Å². The lowest BCUT2D eigenvalue weighted by molar-refractivity contribution is 0.354. The number of benzene rings is 1. The fourth-order valence-corrected chi connectivity index (χ4v) is 3.09. The Balaban J connectivity index is 1.92. The number of nitrogens with one attached hydrogen (secondary N) is 2. The smallest absolute Gasteiger partial charge is 0.161 e. The molecule has 0 fully saturated rings. The van der Waals surface area contributed by atoms with E-state index < -0.39 is 0 Å². The van der Waals surface area contributed by atoms with E-state index in [0.29, 0.717) is 0 Å². The van der Waals surface area contributed by atoms with Gasteiger partial charge in [-0.25, -0.2) is 0 Å². The molecule has 0 spiro atoms. The van der Waals surface area contributed by atoms with Gasteiger partial charge in [-0.1, -0.05) is 64.4 Å². The molecule has 0 heterocycles. The van der Waals surface area contributed by atoms with Gasteiger partial charge >= 0.3 is 0 Å². The number of rotatable bonds is 17. The maximum absolute atomic E-state index is 5.34. The largest absolute Gasteiger partial charge is 0.493 e. The van der Waals surface area contributed by atoms with Crippen LogP contribution >= 0.6 is 0 Å². The number of hydrogen-bond acceptors (Lipinski definition) is 4. The van der Waals surface area contributed by atoms with Crippen molar-refractivity contribution in [3.63, 3.8) is 0 Å². The van der Waals surface area contributed by atoms with Gasteiger partial charge in [-0.05, 0) is 30.7 Å². The van der Waals surface area contributed by atoms with Gasteiger partial charge in [0.1, 0.15) is 0 Å². The Labute approximate surface area is 161 Å². The predicted molar refractivity (Wildman–Crippen MR) is 111 cm³/mol. The highest BCUT2D eigenvalue weighted by atomic mass is 16.5. The Morgan fingerprint density at radius 2 is 1.31 bits per heavy atom. The van der Waals surface area contributed by atoms with E-state index in [1.54, 1.807) is 14.2 Å². The monoisotopic (exact) mass is 364 g/mol. The van der Waals surface area contributed by atoms with Gasteiger partial charge in [-0.15, -0.1) is 0 Å². The van der Waals surface area contributed by atoms with Crippen molar-refractivity contribution in [3.8, 4) is 11.5 Å². The van der Waals surface area contributed by atoms with Crippen LogP contribution in [0.3, 0.4) is 0 Å². The summed E-state index contributed by atoms with van der Waals surface area (Å²) >= 11 is 0. The quantitative estimate of drug-likeness (QED) is 0.385. The second-order valence-corrected chi connectivity index (χ2v) is 6.94. The van der Waals surface area contributed by atoms with E-state index in [0.717, 1.165) is 37.7 Å². The molecule has 0 amide bonds. The Bertz CT molecular complexity index is 452. The minimum absolute atomic E-state index is 0.777. The van der Waals surface area contributed by atoms with E-state index in [1.807, 2.05) is 12.1 Å². The molecule has 0 unspecified atom stereocenters. The zero-order chi connectivity index (χ0) is 18.9. The van der Waals surface area contributed by atoms with Crippen molar-refractivity contribution < 1.29 is 9.47 Å². The highest BCUT2D eigenvalue weighted by molar-refractivity contribution is 5.42. The molecule has 2 N–H and O–H groups in total. The van der Waals surface area contributed by atoms with Gasteiger partial charge < -0.3 is 20.1 Å². The third-order valence-electron chi connectivity index (χ3n) is 4.71. The topological polar surface area (TPSA) is 42.5 Å². The molecule has 0 bridgehead atoms. The first-order valence-electron chi connectivity index (χ1n) is 10.4. The molecule has 0 radical (unpaired) electrons. The van der Waals surface area contributed by atoms with Crippen LogP contribution in [0.4, 0.5) is 0 Å². The van der Waals surface area contributed by atoms with E-state index in [4.69, 9.17) is 9.47 Å². The molecule has 26 heavy (non-hydrogen) atoms. The Kier molecular flexibility index (Phi) is 14.0. The van der Waals surface area contributed by atoms with E-state index in [-0.39, 0.29) is 0 Å². The van der Waals surface area contributed by atoms with Crippen LogP contribution in [-0.2, 0) is 6.54 Å². The van der Waals surface area contributed by atoms with E-state index >= 15 is 0 Å². The van der Waals surface area contributed by atoms with Gasteiger partial charge in [-0.3, -0.25) is 0 Å². The molecule has 4 heteroatoms. The van der Waals surface area contributed by atoms with Crippen LogP contribution in [0.5, 0.6) is 11.5 Å². The second-order valence-electron chi connectivity index (χ2n) is 6.94. The molecule has 1 aromatic rings. The molecule has 0 aliphatic rings. The standard InChI is InChI=1S/C22H40N2O2/c1-4-5-6-7-8-9-10-11-12-15-23-16-17-24-19-20-13-14-21(25-2)22(18-20)26-3/h13-14,18,23-24H,4-12,15-17,19H2,1-3H3. The van der Waals surface area contributed by atoms with Gasteiger partial charge in [0.2, 0.25) is 0 Å². The maximum atomic E-state index is 5.34. The number of hydrogen-bond donors (Lipinski definition) is 2. The maximum Gasteiger partial charge on any atom is 0.161 e. The lowest BCUT2D eigenvalue weighted by atomic mass is 10.1. The van der Waals surface area contributed by atoms with Crippen molar-refractivity contribution >= 4 is 0 Å². The first-order valence-corrected chi connectivity index (χ1v) is 10.4. The van der Waals surface area contributed by atoms with Gasteiger partial charge in [0, 0.05) is 19.6 Å². The highest BCUT2D eigenvalue weighted by Gasteiger charge is 2.03. The predicted octanol–water partition coefficient (Wildman–Crippen LogP) is 4.91. The van der Waals surface area contributed by atoms with Gasteiger partial charge in [0.15, 0.2) is 11.5 Å². The van der Waals surface area contributed by atoms with Crippen LogP contribution in [-0.4, -0.2) is 33.9 Å². The lowest BCUT2D eigenvalue weighted by Gasteiger charge is -2.10. The average molecular weight is 365 g/mol. The van der Waals surface area contributed by atoms with E-state index in [1.165, 1.54) is 63.4 Å². The summed E-state index contributed by atoms with van der Waals surface area (Å²) in [6, 6.07) is 6.06. The zero-order valence-corrected chi connectivity index (χ0v) is 17.2. The van der Waals surface area contributed by atoms with Crippen LogP contribution in [0.2, 0.25) is 0 Å². The molecule has 0 saturated carbocycles. The van der Waals surface area contributed by atoms with Gasteiger partial charge in [0.25, 0.3) is 0 Å². The second kappa shape index (κ2) is 16.0. The Morgan fingerprint density at radius 1 is 0.692 bits per heavy atom. The SMILES string of the molecule is CCCCCCCCCCCNCCNCc1ccc(OC)c(OC)c1. The molecule has 1 aromatic carbocycles. The van der Waals surface area contributed by atoms with Crippen molar-refractivity contribution in [1.82, 2.24) is 10.6 Å². The van der Waals surface area contributed by atoms with E-state index in [2.05, 4.69) is 23.6 Å². The number of methoxy groups -OCH3 is 2. The molecule has 0 aliphatic carbocycles. The number of ether oxygens (including phenoxy) is 2. The molecule has 1 rings (SSSR count). The third-order valence-corrected chi connectivity index (χ3v) is 4.71. The Hall–Kier alpha value is -1.26. The van der Waals surface area contributed by atoms with Crippen molar-refractivity contribution in [2.75, 3.05) is 33.9 Å². The summed E-state index contributed by atoms with van der Waals surface area (Å²) in [6.07, 6.45) is 12.5. The Morgan fingerprint density at radius 3 is 1.96 bits per heavy atom. The van der Waals surface area contributed by atoms with Crippen LogP contribution in [0.15, 0.2) is 18.2 Å². The molecule has 150 valence electrons. The summed E-state index contributed by atoms with van der Waals surface area (Å²) < 4.78 is 10.6. The van der Waals surface area contributed by atoms with Crippen molar-refractivity contribution in [2.45, 2.75) is 71.3 Å². The molecular formula is C22H40N2O2. The van der Waals surface area contributed by atoms with E-state index in [9.17, 15) is 0 Å². The van der Waals surface area contributed by atoms with Gasteiger partial charge in [-0.2, -0.15) is 0 Å². The summed E-state index contributed by atoms with van der Waals surface area (Å²) in [5.74, 6) is 1.56. The number of unbranched alkanes of at least 4 members (excludes halogenated alkanes) is 8.